The standard InChI is InChI=1S/C17H22ClN3O/c18-15-3-1-2-13-12-14(4-6-19)20-16(17(13)15)5-7-21-8-10-22-11-9-21/h1-3,12H,4-11,19H2. The molecule has 22 heavy (non-hydrogen) atoms. The van der Waals surface area contributed by atoms with Crippen molar-refractivity contribution in [2.75, 3.05) is 39.4 Å². The number of nitrogens with zero attached hydrogens (tertiary/aromatic N) is 2. The van der Waals surface area contributed by atoms with E-state index in [1.807, 2.05) is 12.1 Å². The first-order valence-corrected chi connectivity index (χ1v) is 8.23. The Kier molecular flexibility index (Phi) is 5.26. The summed E-state index contributed by atoms with van der Waals surface area (Å²) in [4.78, 5) is 7.23. The average Bonchev–Trinajstić information content (AvgIpc) is 2.54. The summed E-state index contributed by atoms with van der Waals surface area (Å²) >= 11 is 6.41. The van der Waals surface area contributed by atoms with Crippen molar-refractivity contribution < 1.29 is 4.74 Å². The molecule has 3 rings (SSSR count). The summed E-state index contributed by atoms with van der Waals surface area (Å²) < 4.78 is 5.40. The molecule has 1 fully saturated rings. The van der Waals surface area contributed by atoms with Crippen molar-refractivity contribution in [1.82, 2.24) is 9.88 Å². The minimum absolute atomic E-state index is 0.613. The Morgan fingerprint density at radius 2 is 2.05 bits per heavy atom. The number of benzene rings is 1. The highest BCUT2D eigenvalue weighted by Gasteiger charge is 2.13. The van der Waals surface area contributed by atoms with Gasteiger partial charge in [-0.05, 0) is 24.1 Å². The summed E-state index contributed by atoms with van der Waals surface area (Å²) in [6.07, 6.45) is 1.70. The molecule has 1 aromatic heterocycles. The van der Waals surface area contributed by atoms with E-state index in [4.69, 9.17) is 27.1 Å². The molecular weight excluding hydrogens is 298 g/mol. The van der Waals surface area contributed by atoms with Crippen LogP contribution in [0.3, 0.4) is 0 Å². The van der Waals surface area contributed by atoms with Crippen molar-refractivity contribution in [3.05, 3.63) is 40.7 Å². The van der Waals surface area contributed by atoms with E-state index in [0.717, 1.165) is 72.9 Å². The summed E-state index contributed by atoms with van der Waals surface area (Å²) in [5.74, 6) is 0. The van der Waals surface area contributed by atoms with Crippen molar-refractivity contribution in [2.45, 2.75) is 12.8 Å². The number of nitrogens with two attached hydrogens (primary N) is 1. The van der Waals surface area contributed by atoms with E-state index in [1.165, 1.54) is 0 Å². The lowest BCUT2D eigenvalue weighted by Crippen LogP contribution is -2.37. The van der Waals surface area contributed by atoms with Crippen LogP contribution in [0.2, 0.25) is 5.02 Å². The minimum atomic E-state index is 0.613. The Labute approximate surface area is 136 Å². The third kappa shape index (κ3) is 3.58. The van der Waals surface area contributed by atoms with Gasteiger partial charge in [0.25, 0.3) is 0 Å². The van der Waals surface area contributed by atoms with E-state index in [2.05, 4.69) is 17.0 Å². The fourth-order valence-electron chi connectivity index (χ4n) is 2.95. The molecule has 0 aliphatic carbocycles. The molecule has 0 saturated carbocycles. The minimum Gasteiger partial charge on any atom is -0.379 e. The van der Waals surface area contributed by atoms with Gasteiger partial charge in [-0.3, -0.25) is 9.88 Å². The first kappa shape index (κ1) is 15.7. The molecule has 1 aliphatic heterocycles. The Morgan fingerprint density at radius 3 is 2.82 bits per heavy atom. The van der Waals surface area contributed by atoms with Crippen LogP contribution in [0.25, 0.3) is 10.8 Å². The molecule has 1 aromatic carbocycles. The maximum Gasteiger partial charge on any atom is 0.0594 e. The summed E-state index contributed by atoms with van der Waals surface area (Å²) in [6, 6.07) is 8.13. The number of hydrogen-bond donors (Lipinski definition) is 1. The van der Waals surface area contributed by atoms with Gasteiger partial charge in [-0.2, -0.15) is 0 Å². The first-order valence-electron chi connectivity index (χ1n) is 7.85. The summed E-state index contributed by atoms with van der Waals surface area (Å²) in [6.45, 7) is 5.23. The molecule has 1 saturated heterocycles. The number of halogens is 1. The molecule has 0 spiro atoms. The topological polar surface area (TPSA) is 51.4 Å². The molecule has 2 heterocycles. The Morgan fingerprint density at radius 1 is 1.23 bits per heavy atom. The zero-order valence-corrected chi connectivity index (χ0v) is 13.5. The summed E-state index contributed by atoms with van der Waals surface area (Å²) in [5, 5.41) is 3.02. The molecule has 2 aromatic rings. The quantitative estimate of drug-likeness (QED) is 0.918. The van der Waals surface area contributed by atoms with Crippen LogP contribution in [0.1, 0.15) is 11.4 Å². The van der Waals surface area contributed by atoms with Crippen LogP contribution in [-0.2, 0) is 17.6 Å². The number of fused-ring (bicyclic) bond motifs is 1. The highest BCUT2D eigenvalue weighted by Crippen LogP contribution is 2.27. The zero-order chi connectivity index (χ0) is 15.4. The predicted octanol–water partition coefficient (Wildman–Crippen LogP) is 2.26. The molecule has 118 valence electrons. The average molecular weight is 320 g/mol. The Hall–Kier alpha value is -1.20. The number of hydrogen-bond acceptors (Lipinski definition) is 4. The lowest BCUT2D eigenvalue weighted by atomic mass is 10.1. The smallest absolute Gasteiger partial charge is 0.0594 e. The number of ether oxygens (including phenoxy) is 1. The van der Waals surface area contributed by atoms with Crippen molar-refractivity contribution >= 4 is 22.4 Å². The number of morpholine rings is 1. The maximum absolute atomic E-state index is 6.41. The van der Waals surface area contributed by atoms with Crippen LogP contribution in [-0.4, -0.2) is 49.3 Å². The third-order valence-corrected chi connectivity index (χ3v) is 4.42. The van der Waals surface area contributed by atoms with E-state index in [-0.39, 0.29) is 0 Å². The molecule has 0 amide bonds. The van der Waals surface area contributed by atoms with Gasteiger partial charge in [0.15, 0.2) is 0 Å². The normalized spacial score (nSPS) is 16.3. The summed E-state index contributed by atoms with van der Waals surface area (Å²) in [5.41, 5.74) is 7.82. The zero-order valence-electron chi connectivity index (χ0n) is 12.7. The summed E-state index contributed by atoms with van der Waals surface area (Å²) in [7, 11) is 0. The molecule has 5 heteroatoms. The third-order valence-electron chi connectivity index (χ3n) is 4.10. The van der Waals surface area contributed by atoms with E-state index in [9.17, 15) is 0 Å². The largest absolute Gasteiger partial charge is 0.379 e. The van der Waals surface area contributed by atoms with Gasteiger partial charge in [-0.15, -0.1) is 0 Å². The van der Waals surface area contributed by atoms with Gasteiger partial charge in [0.1, 0.15) is 0 Å². The fraction of sp³-hybridized carbons (Fsp3) is 0.471. The monoisotopic (exact) mass is 319 g/mol. The van der Waals surface area contributed by atoms with Crippen LogP contribution in [0.4, 0.5) is 0 Å². The van der Waals surface area contributed by atoms with Crippen LogP contribution >= 0.6 is 11.6 Å². The highest BCUT2D eigenvalue weighted by atomic mass is 35.5. The van der Waals surface area contributed by atoms with E-state index in [1.54, 1.807) is 0 Å². The molecule has 0 unspecified atom stereocenters. The van der Waals surface area contributed by atoms with Crippen molar-refractivity contribution in [2.24, 2.45) is 5.73 Å². The highest BCUT2D eigenvalue weighted by molar-refractivity contribution is 6.35. The first-order chi connectivity index (χ1) is 10.8. The second kappa shape index (κ2) is 7.38. The van der Waals surface area contributed by atoms with Crippen molar-refractivity contribution in [1.29, 1.82) is 0 Å². The van der Waals surface area contributed by atoms with Gasteiger partial charge >= 0.3 is 0 Å². The number of rotatable bonds is 5. The maximum atomic E-state index is 6.41. The fourth-order valence-corrected chi connectivity index (χ4v) is 3.24. The van der Waals surface area contributed by atoms with Gasteiger partial charge in [0, 0.05) is 43.6 Å². The molecule has 0 bridgehead atoms. The molecular formula is C17H22ClN3O. The van der Waals surface area contributed by atoms with Gasteiger partial charge in [0.2, 0.25) is 0 Å². The van der Waals surface area contributed by atoms with E-state index < -0.39 is 0 Å². The van der Waals surface area contributed by atoms with E-state index in [0.29, 0.717) is 6.54 Å². The van der Waals surface area contributed by atoms with Crippen LogP contribution in [0.5, 0.6) is 0 Å². The van der Waals surface area contributed by atoms with E-state index >= 15 is 0 Å². The van der Waals surface area contributed by atoms with Gasteiger partial charge in [-0.25, -0.2) is 0 Å². The lowest BCUT2D eigenvalue weighted by molar-refractivity contribution is 0.0384. The van der Waals surface area contributed by atoms with Crippen LogP contribution in [0, 0.1) is 0 Å². The van der Waals surface area contributed by atoms with Gasteiger partial charge < -0.3 is 10.5 Å². The number of pyridine rings is 1. The molecule has 2 N–H and O–H groups in total. The molecule has 0 atom stereocenters. The second-order valence-electron chi connectivity index (χ2n) is 5.64. The Bertz CT molecular complexity index is 641. The molecule has 1 aliphatic rings. The Balaban J connectivity index is 1.88. The molecule has 4 nitrogen and oxygen atoms in total. The van der Waals surface area contributed by atoms with Gasteiger partial charge in [-0.1, -0.05) is 23.7 Å². The predicted molar refractivity (Wildman–Crippen MR) is 90.5 cm³/mol. The second-order valence-corrected chi connectivity index (χ2v) is 6.05. The van der Waals surface area contributed by atoms with Gasteiger partial charge in [0.05, 0.1) is 23.9 Å². The SMILES string of the molecule is NCCc1cc2cccc(Cl)c2c(CCN2CCOCC2)n1. The number of aromatic nitrogens is 1. The van der Waals surface area contributed by atoms with Crippen LogP contribution in [0.15, 0.2) is 24.3 Å². The van der Waals surface area contributed by atoms with Crippen molar-refractivity contribution in [3.8, 4) is 0 Å². The van der Waals surface area contributed by atoms with Crippen molar-refractivity contribution in [3.63, 3.8) is 0 Å². The molecule has 0 radical (unpaired) electrons. The lowest BCUT2D eigenvalue weighted by Gasteiger charge is -2.26. The van der Waals surface area contributed by atoms with Crippen LogP contribution < -0.4 is 5.73 Å².